The fourth-order valence-corrected chi connectivity index (χ4v) is 2.85. The molecular formula is C19H17ClN2O2. The highest BCUT2D eigenvalue weighted by molar-refractivity contribution is 6.31. The summed E-state index contributed by atoms with van der Waals surface area (Å²) in [5, 5.41) is 14.2. The quantitative estimate of drug-likeness (QED) is 0.761. The zero-order chi connectivity index (χ0) is 17.3. The number of pyridine rings is 1. The van der Waals surface area contributed by atoms with Gasteiger partial charge in [0.15, 0.2) is 0 Å². The molecule has 0 unspecified atom stereocenters. The van der Waals surface area contributed by atoms with Crippen LogP contribution in [0.1, 0.15) is 11.1 Å². The van der Waals surface area contributed by atoms with Crippen molar-refractivity contribution in [2.24, 2.45) is 0 Å². The Morgan fingerprint density at radius 3 is 2.75 bits per heavy atom. The smallest absolute Gasteiger partial charge is 0.224 e. The molecule has 0 radical (unpaired) electrons. The number of aromatic hydroxyl groups is 1. The van der Waals surface area contributed by atoms with Crippen molar-refractivity contribution in [3.63, 3.8) is 0 Å². The van der Waals surface area contributed by atoms with E-state index in [1.165, 1.54) is 0 Å². The molecule has 0 saturated carbocycles. The van der Waals surface area contributed by atoms with E-state index in [1.807, 2.05) is 31.2 Å². The van der Waals surface area contributed by atoms with Crippen LogP contribution in [-0.2, 0) is 11.2 Å². The third-order valence-electron chi connectivity index (χ3n) is 3.96. The Morgan fingerprint density at radius 2 is 2.00 bits per heavy atom. The minimum Gasteiger partial charge on any atom is -0.507 e. The lowest BCUT2D eigenvalue weighted by molar-refractivity contribution is -0.119. The molecule has 0 spiro atoms. The maximum Gasteiger partial charge on any atom is 0.224 e. The number of phenols is 1. The first-order chi connectivity index (χ1) is 11.5. The summed E-state index contributed by atoms with van der Waals surface area (Å²) >= 11 is 6.03. The van der Waals surface area contributed by atoms with Gasteiger partial charge in [-0.05, 0) is 54.4 Å². The van der Waals surface area contributed by atoms with Gasteiger partial charge in [-0.1, -0.05) is 17.7 Å². The minimum atomic E-state index is -0.0274. The van der Waals surface area contributed by atoms with E-state index in [4.69, 9.17) is 11.6 Å². The number of carbonyl (C=O) groups is 1. The number of halogens is 1. The van der Waals surface area contributed by atoms with Crippen LogP contribution in [0.25, 0.3) is 22.2 Å². The molecule has 0 fully saturated rings. The Kier molecular flexibility index (Phi) is 4.40. The van der Waals surface area contributed by atoms with E-state index in [0.29, 0.717) is 22.7 Å². The van der Waals surface area contributed by atoms with Crippen molar-refractivity contribution < 1.29 is 9.90 Å². The van der Waals surface area contributed by atoms with Crippen LogP contribution in [0.4, 0.5) is 0 Å². The lowest BCUT2D eigenvalue weighted by Crippen LogP contribution is -2.19. The molecule has 0 saturated heterocycles. The summed E-state index contributed by atoms with van der Waals surface area (Å²) in [6, 6.07) is 12.6. The number of hydrogen-bond donors (Lipinski definition) is 2. The average Bonchev–Trinajstić information content (AvgIpc) is 2.57. The highest BCUT2D eigenvalue weighted by atomic mass is 35.5. The number of likely N-dealkylation sites (N-methyl/N-ethyl adjacent to an activating group) is 1. The van der Waals surface area contributed by atoms with Crippen LogP contribution in [0.15, 0.2) is 42.5 Å². The van der Waals surface area contributed by atoms with E-state index < -0.39 is 0 Å². The van der Waals surface area contributed by atoms with Gasteiger partial charge in [-0.3, -0.25) is 4.79 Å². The third kappa shape index (κ3) is 3.19. The monoisotopic (exact) mass is 340 g/mol. The Bertz CT molecular complexity index is 938. The van der Waals surface area contributed by atoms with E-state index >= 15 is 0 Å². The number of fused-ring (bicyclic) bond motifs is 1. The van der Waals surface area contributed by atoms with E-state index in [9.17, 15) is 9.90 Å². The van der Waals surface area contributed by atoms with Gasteiger partial charge in [0.1, 0.15) is 5.75 Å². The highest BCUT2D eigenvalue weighted by Gasteiger charge is 2.11. The molecule has 0 aliphatic heterocycles. The molecule has 1 heterocycles. The van der Waals surface area contributed by atoms with Crippen molar-refractivity contribution in [2.45, 2.75) is 13.3 Å². The molecule has 0 aliphatic rings. The van der Waals surface area contributed by atoms with Crippen molar-refractivity contribution in [2.75, 3.05) is 7.05 Å². The predicted molar refractivity (Wildman–Crippen MR) is 96.4 cm³/mol. The Balaban J connectivity index is 2.09. The number of rotatable bonds is 3. The van der Waals surface area contributed by atoms with Crippen LogP contribution >= 0.6 is 11.6 Å². The minimum absolute atomic E-state index is 0.0274. The van der Waals surface area contributed by atoms with Gasteiger partial charge < -0.3 is 10.4 Å². The van der Waals surface area contributed by atoms with Crippen molar-refractivity contribution in [1.82, 2.24) is 10.3 Å². The number of benzene rings is 2. The van der Waals surface area contributed by atoms with Gasteiger partial charge in [0.2, 0.25) is 5.91 Å². The number of hydrogen-bond acceptors (Lipinski definition) is 3. The van der Waals surface area contributed by atoms with E-state index in [-0.39, 0.29) is 11.7 Å². The molecule has 122 valence electrons. The number of phenolic OH excluding ortho intramolecular Hbond substituents is 1. The molecule has 3 aromatic rings. The summed E-state index contributed by atoms with van der Waals surface area (Å²) < 4.78 is 0. The molecule has 2 N–H and O–H groups in total. The maximum absolute atomic E-state index is 11.5. The van der Waals surface area contributed by atoms with Crippen LogP contribution in [0, 0.1) is 6.92 Å². The molecule has 24 heavy (non-hydrogen) atoms. The van der Waals surface area contributed by atoms with Gasteiger partial charge in [-0.25, -0.2) is 4.98 Å². The predicted octanol–water partition coefficient (Wildman–Crippen LogP) is 3.86. The zero-order valence-electron chi connectivity index (χ0n) is 13.4. The fourth-order valence-electron chi connectivity index (χ4n) is 2.68. The van der Waals surface area contributed by atoms with Gasteiger partial charge in [0, 0.05) is 23.0 Å². The van der Waals surface area contributed by atoms with E-state index in [2.05, 4.69) is 10.3 Å². The van der Waals surface area contributed by atoms with Gasteiger partial charge >= 0.3 is 0 Å². The summed E-state index contributed by atoms with van der Waals surface area (Å²) in [5.74, 6) is 0.113. The van der Waals surface area contributed by atoms with Crippen LogP contribution in [-0.4, -0.2) is 23.0 Å². The number of nitrogens with one attached hydrogen (secondary N) is 1. The molecule has 2 aromatic carbocycles. The number of nitrogens with zero attached hydrogens (tertiary/aromatic N) is 1. The second-order valence-corrected chi connectivity index (χ2v) is 6.12. The van der Waals surface area contributed by atoms with Gasteiger partial charge in [-0.15, -0.1) is 0 Å². The summed E-state index contributed by atoms with van der Waals surface area (Å²) in [5.41, 5.74) is 4.03. The van der Waals surface area contributed by atoms with Crippen LogP contribution in [0.2, 0.25) is 5.02 Å². The molecule has 4 nitrogen and oxygen atoms in total. The molecule has 3 rings (SSSR count). The van der Waals surface area contributed by atoms with Crippen molar-refractivity contribution in [3.8, 4) is 17.0 Å². The number of aromatic nitrogens is 1. The molecule has 0 aliphatic carbocycles. The molecule has 0 bridgehead atoms. The lowest BCUT2D eigenvalue weighted by Gasteiger charge is -2.10. The first kappa shape index (κ1) is 16.3. The molecule has 1 aromatic heterocycles. The molecule has 0 atom stereocenters. The first-order valence-corrected chi connectivity index (χ1v) is 7.95. The fraction of sp³-hybridized carbons (Fsp3) is 0.158. The third-order valence-corrected chi connectivity index (χ3v) is 4.19. The number of carbonyl (C=O) groups excluding carboxylic acids is 1. The van der Waals surface area contributed by atoms with Gasteiger partial charge in [0.05, 0.1) is 17.6 Å². The largest absolute Gasteiger partial charge is 0.507 e. The summed E-state index contributed by atoms with van der Waals surface area (Å²) in [7, 11) is 1.62. The molecule has 5 heteroatoms. The lowest BCUT2D eigenvalue weighted by atomic mass is 10.0. The topological polar surface area (TPSA) is 62.2 Å². The van der Waals surface area contributed by atoms with Crippen molar-refractivity contribution in [1.29, 1.82) is 0 Å². The second kappa shape index (κ2) is 6.49. The van der Waals surface area contributed by atoms with Gasteiger partial charge in [0.25, 0.3) is 0 Å². The SMILES string of the molecule is CNC(=O)Cc1ccc2nc(-c3cc(Cl)ccc3O)cc(C)c2c1. The number of aryl methyl sites for hydroxylation is 1. The van der Waals surface area contributed by atoms with Gasteiger partial charge in [-0.2, -0.15) is 0 Å². The van der Waals surface area contributed by atoms with E-state index in [0.717, 1.165) is 22.0 Å². The highest BCUT2D eigenvalue weighted by Crippen LogP contribution is 2.33. The molecule has 1 amide bonds. The van der Waals surface area contributed by atoms with E-state index in [1.54, 1.807) is 25.2 Å². The second-order valence-electron chi connectivity index (χ2n) is 5.69. The average molecular weight is 341 g/mol. The maximum atomic E-state index is 11.5. The number of amides is 1. The normalized spacial score (nSPS) is 10.8. The molecular weight excluding hydrogens is 324 g/mol. The Hall–Kier alpha value is -2.59. The van der Waals surface area contributed by atoms with Crippen LogP contribution in [0.3, 0.4) is 0 Å². The van der Waals surface area contributed by atoms with Crippen molar-refractivity contribution >= 4 is 28.4 Å². The summed E-state index contributed by atoms with van der Waals surface area (Å²) in [6.45, 7) is 1.98. The zero-order valence-corrected chi connectivity index (χ0v) is 14.2. The Morgan fingerprint density at radius 1 is 1.21 bits per heavy atom. The summed E-state index contributed by atoms with van der Waals surface area (Å²) in [4.78, 5) is 16.2. The Labute approximate surface area is 145 Å². The van der Waals surface area contributed by atoms with Crippen molar-refractivity contribution in [3.05, 3.63) is 58.6 Å². The summed E-state index contributed by atoms with van der Waals surface area (Å²) in [6.07, 6.45) is 0.336. The first-order valence-electron chi connectivity index (χ1n) is 7.57. The van der Waals surface area contributed by atoms with Crippen LogP contribution in [0.5, 0.6) is 5.75 Å². The van der Waals surface area contributed by atoms with Crippen LogP contribution < -0.4 is 5.32 Å². The standard InChI is InChI=1S/C19H17ClN2O2/c1-11-7-17(15-10-13(20)4-6-18(15)23)22-16-5-3-12(8-14(11)16)9-19(24)21-2/h3-8,10,23H,9H2,1-2H3,(H,21,24).